The average Bonchev–Trinajstić information content (AvgIpc) is 3.13. The zero-order valence-corrected chi connectivity index (χ0v) is 18.7. The van der Waals surface area contributed by atoms with Gasteiger partial charge in [0.25, 0.3) is 0 Å². The minimum absolute atomic E-state index is 0.0437. The average molecular weight is 409 g/mol. The summed E-state index contributed by atoms with van der Waals surface area (Å²) in [6.45, 7) is 10.7. The Morgan fingerprint density at radius 2 is 1.86 bits per heavy atom. The van der Waals surface area contributed by atoms with Crippen LogP contribution in [0.25, 0.3) is 0 Å². The summed E-state index contributed by atoms with van der Waals surface area (Å²) in [6.07, 6.45) is 5.18. The Morgan fingerprint density at radius 3 is 2.52 bits per heavy atom. The molecule has 29 heavy (non-hydrogen) atoms. The minimum atomic E-state index is -0.705. The molecule has 4 rings (SSSR count). The summed E-state index contributed by atoms with van der Waals surface area (Å²) in [7, 11) is 1.58. The summed E-state index contributed by atoms with van der Waals surface area (Å²) < 4.78 is 23.9. The van der Waals surface area contributed by atoms with Crippen LogP contribution in [-0.2, 0) is 28.5 Å². The van der Waals surface area contributed by atoms with Gasteiger partial charge in [0.05, 0.1) is 12.0 Å². The molecule has 0 radical (unpaired) electrons. The van der Waals surface area contributed by atoms with Gasteiger partial charge in [-0.2, -0.15) is 0 Å². The van der Waals surface area contributed by atoms with Gasteiger partial charge in [0.1, 0.15) is 11.7 Å². The van der Waals surface area contributed by atoms with Gasteiger partial charge >= 0.3 is 11.9 Å². The SMILES string of the molecule is CO[C@@H]1OC(=O)C[C@]12CC[C@]1(O2)[C@@H](C)C[C@H](OC(C)=O)[C@@H]2C(C)(C)CCC[C@]21C. The maximum Gasteiger partial charge on any atom is 0.311 e. The summed E-state index contributed by atoms with van der Waals surface area (Å²) in [6, 6.07) is 0. The van der Waals surface area contributed by atoms with Gasteiger partial charge in [-0.15, -0.1) is 0 Å². The second kappa shape index (κ2) is 6.68. The first-order valence-electron chi connectivity index (χ1n) is 11.1. The number of carbonyl (C=O) groups is 2. The highest BCUT2D eigenvalue weighted by molar-refractivity contribution is 5.73. The lowest BCUT2D eigenvalue weighted by molar-refractivity contribution is -0.293. The Morgan fingerprint density at radius 1 is 1.14 bits per heavy atom. The normalized spacial score (nSPS) is 48.6. The molecule has 6 nitrogen and oxygen atoms in total. The van der Waals surface area contributed by atoms with E-state index in [1.54, 1.807) is 7.11 Å². The predicted octanol–water partition coefficient (Wildman–Crippen LogP) is 4.00. The molecule has 164 valence electrons. The monoisotopic (exact) mass is 408 g/mol. The molecule has 2 spiro atoms. The molecule has 6 heteroatoms. The van der Waals surface area contributed by atoms with Crippen molar-refractivity contribution in [3.05, 3.63) is 0 Å². The van der Waals surface area contributed by atoms with E-state index in [0.717, 1.165) is 38.5 Å². The van der Waals surface area contributed by atoms with E-state index < -0.39 is 11.9 Å². The van der Waals surface area contributed by atoms with Crippen LogP contribution in [0.4, 0.5) is 0 Å². The van der Waals surface area contributed by atoms with E-state index in [1.807, 2.05) is 0 Å². The molecule has 4 fully saturated rings. The second-order valence-electron chi connectivity index (χ2n) is 10.8. The van der Waals surface area contributed by atoms with Gasteiger partial charge in [0.15, 0.2) is 0 Å². The summed E-state index contributed by atoms with van der Waals surface area (Å²) in [5, 5.41) is 0. The van der Waals surface area contributed by atoms with Crippen LogP contribution in [0.3, 0.4) is 0 Å². The molecule has 4 aliphatic rings. The summed E-state index contributed by atoms with van der Waals surface area (Å²) in [5.41, 5.74) is -1.19. The number of esters is 2. The zero-order chi connectivity index (χ0) is 21.2. The number of fused-ring (bicyclic) bond motifs is 2. The number of rotatable bonds is 2. The fourth-order valence-corrected chi connectivity index (χ4v) is 7.80. The van der Waals surface area contributed by atoms with Crippen LogP contribution in [0.15, 0.2) is 0 Å². The van der Waals surface area contributed by atoms with Crippen LogP contribution < -0.4 is 0 Å². The molecule has 0 aromatic rings. The summed E-state index contributed by atoms with van der Waals surface area (Å²) >= 11 is 0. The van der Waals surface area contributed by atoms with Crippen molar-refractivity contribution in [1.82, 2.24) is 0 Å². The highest BCUT2D eigenvalue weighted by Crippen LogP contribution is 2.69. The van der Waals surface area contributed by atoms with Crippen LogP contribution in [0, 0.1) is 22.7 Å². The molecule has 0 amide bonds. The molecule has 7 atom stereocenters. The first kappa shape index (κ1) is 21.1. The Labute approximate surface area is 174 Å². The van der Waals surface area contributed by atoms with Gasteiger partial charge in [-0.05, 0) is 43.4 Å². The molecule has 0 aromatic heterocycles. The molecule has 0 N–H and O–H groups in total. The lowest BCUT2D eigenvalue weighted by atomic mass is 9.43. The van der Waals surface area contributed by atoms with E-state index in [0.29, 0.717) is 0 Å². The van der Waals surface area contributed by atoms with Crippen LogP contribution in [0.1, 0.15) is 79.6 Å². The molecule has 2 aliphatic carbocycles. The maximum absolute atomic E-state index is 12.1. The lowest BCUT2D eigenvalue weighted by Crippen LogP contribution is -2.67. The van der Waals surface area contributed by atoms with Crippen molar-refractivity contribution in [2.24, 2.45) is 22.7 Å². The van der Waals surface area contributed by atoms with Crippen LogP contribution in [-0.4, -0.2) is 42.6 Å². The molecular weight excluding hydrogens is 372 g/mol. The van der Waals surface area contributed by atoms with Crippen molar-refractivity contribution in [3.8, 4) is 0 Å². The maximum atomic E-state index is 12.1. The first-order chi connectivity index (χ1) is 13.5. The van der Waals surface area contributed by atoms with E-state index in [4.69, 9.17) is 18.9 Å². The number of hydrogen-bond acceptors (Lipinski definition) is 6. The fourth-order valence-electron chi connectivity index (χ4n) is 7.80. The molecule has 2 saturated carbocycles. The molecule has 0 unspecified atom stereocenters. The van der Waals surface area contributed by atoms with Gasteiger partial charge in [-0.1, -0.05) is 34.1 Å². The van der Waals surface area contributed by atoms with Gasteiger partial charge in [-0.3, -0.25) is 9.59 Å². The van der Waals surface area contributed by atoms with Crippen LogP contribution in [0.5, 0.6) is 0 Å². The van der Waals surface area contributed by atoms with Crippen LogP contribution in [0.2, 0.25) is 0 Å². The first-order valence-corrected chi connectivity index (χ1v) is 11.1. The molecule has 2 aliphatic heterocycles. The van der Waals surface area contributed by atoms with Crippen molar-refractivity contribution in [2.75, 3.05) is 7.11 Å². The summed E-state index contributed by atoms with van der Waals surface area (Å²) in [5.74, 6) is -0.0478. The van der Waals surface area contributed by atoms with E-state index in [2.05, 4.69) is 27.7 Å². The van der Waals surface area contributed by atoms with Crippen molar-refractivity contribution >= 4 is 11.9 Å². The lowest BCUT2D eigenvalue weighted by Gasteiger charge is -2.65. The van der Waals surface area contributed by atoms with Gasteiger partial charge in [-0.25, -0.2) is 0 Å². The van der Waals surface area contributed by atoms with Gasteiger partial charge in [0.2, 0.25) is 6.29 Å². The second-order valence-corrected chi connectivity index (χ2v) is 10.8. The third-order valence-corrected chi connectivity index (χ3v) is 8.71. The minimum Gasteiger partial charge on any atom is -0.462 e. The topological polar surface area (TPSA) is 71.1 Å². The van der Waals surface area contributed by atoms with Gasteiger partial charge in [0, 0.05) is 25.4 Å². The Balaban J connectivity index is 1.76. The Bertz CT molecular complexity index is 703. The number of carbonyl (C=O) groups excluding carboxylic acids is 2. The van der Waals surface area contributed by atoms with Crippen molar-refractivity contribution in [2.45, 2.75) is 103 Å². The van der Waals surface area contributed by atoms with E-state index in [9.17, 15) is 9.59 Å². The molecule has 0 bridgehead atoms. The third kappa shape index (κ3) is 2.88. The summed E-state index contributed by atoms with van der Waals surface area (Å²) in [4.78, 5) is 24.0. The number of methoxy groups -OCH3 is 1. The third-order valence-electron chi connectivity index (χ3n) is 8.71. The smallest absolute Gasteiger partial charge is 0.311 e. The van der Waals surface area contributed by atoms with Crippen molar-refractivity contribution in [3.63, 3.8) is 0 Å². The number of cyclic esters (lactones) is 1. The predicted molar refractivity (Wildman–Crippen MR) is 106 cm³/mol. The standard InChI is InChI=1S/C23H36O6/c1-14-12-16(27-15(2)24)18-20(3,4)8-7-9-21(18,5)23(14)11-10-22(29-23)13-17(25)28-19(22)26-6/h14,16,18-19H,7-13H2,1-6H3/t14-,16-,18+,19+,21+,22+,23-/m0/s1. The van der Waals surface area contributed by atoms with Gasteiger partial charge < -0.3 is 18.9 Å². The fraction of sp³-hybridized carbons (Fsp3) is 0.913. The van der Waals surface area contributed by atoms with Crippen LogP contribution >= 0.6 is 0 Å². The highest BCUT2D eigenvalue weighted by Gasteiger charge is 2.72. The molecule has 2 saturated heterocycles. The molecular formula is C23H36O6. The Kier molecular flexibility index (Phi) is 4.86. The quantitative estimate of drug-likeness (QED) is 0.643. The van der Waals surface area contributed by atoms with E-state index in [1.165, 1.54) is 6.92 Å². The number of ether oxygens (including phenoxy) is 4. The van der Waals surface area contributed by atoms with E-state index >= 15 is 0 Å². The van der Waals surface area contributed by atoms with Crippen molar-refractivity contribution < 1.29 is 28.5 Å². The number of hydrogen-bond donors (Lipinski definition) is 0. The molecule has 2 heterocycles. The largest absolute Gasteiger partial charge is 0.462 e. The highest BCUT2D eigenvalue weighted by atomic mass is 16.7. The van der Waals surface area contributed by atoms with E-state index in [-0.39, 0.29) is 52.7 Å². The molecule has 0 aromatic carbocycles. The van der Waals surface area contributed by atoms with Crippen molar-refractivity contribution in [1.29, 1.82) is 0 Å². The Hall–Kier alpha value is -1.14. The zero-order valence-electron chi connectivity index (χ0n) is 18.7.